The summed E-state index contributed by atoms with van der Waals surface area (Å²) in [5.41, 5.74) is 7.28. The van der Waals surface area contributed by atoms with Gasteiger partial charge in [0.05, 0.1) is 10.6 Å². The van der Waals surface area contributed by atoms with Crippen molar-refractivity contribution in [3.05, 3.63) is 22.2 Å². The van der Waals surface area contributed by atoms with Crippen LogP contribution in [0.3, 0.4) is 0 Å². The van der Waals surface area contributed by atoms with Crippen LogP contribution in [0.25, 0.3) is 11.0 Å². The van der Waals surface area contributed by atoms with Gasteiger partial charge in [-0.2, -0.15) is 0 Å². The number of nitrogens with zero attached hydrogens (tertiary/aromatic N) is 4. The molecule has 1 fully saturated rings. The van der Waals surface area contributed by atoms with Gasteiger partial charge >= 0.3 is 5.69 Å². The molecule has 20 heavy (non-hydrogen) atoms. The summed E-state index contributed by atoms with van der Waals surface area (Å²) in [5.74, 6) is 0.417. The van der Waals surface area contributed by atoms with Gasteiger partial charge in [-0.05, 0) is 35.6 Å². The lowest BCUT2D eigenvalue weighted by molar-refractivity contribution is -0.383. The molecule has 0 aliphatic carbocycles. The summed E-state index contributed by atoms with van der Waals surface area (Å²) in [7, 11) is 0. The SMILES string of the molecule is CC(N)C1CCN(c2ccc([N+](=O)[O-])c3nonc23)C1. The molecule has 0 spiro atoms. The molecule has 2 unspecified atom stereocenters. The van der Waals surface area contributed by atoms with Crippen molar-refractivity contribution in [1.82, 2.24) is 10.3 Å². The number of benzene rings is 1. The zero-order valence-electron chi connectivity index (χ0n) is 11.0. The van der Waals surface area contributed by atoms with Crippen LogP contribution in [0.2, 0.25) is 0 Å². The van der Waals surface area contributed by atoms with Crippen molar-refractivity contribution in [2.75, 3.05) is 18.0 Å². The second kappa shape index (κ2) is 4.71. The Bertz CT molecular complexity index is 654. The third-order valence-electron chi connectivity index (χ3n) is 3.88. The highest BCUT2D eigenvalue weighted by Gasteiger charge is 2.29. The van der Waals surface area contributed by atoms with E-state index in [1.807, 2.05) is 6.92 Å². The van der Waals surface area contributed by atoms with E-state index in [-0.39, 0.29) is 17.2 Å². The monoisotopic (exact) mass is 277 g/mol. The Morgan fingerprint density at radius 1 is 1.50 bits per heavy atom. The molecule has 0 amide bonds. The summed E-state index contributed by atoms with van der Waals surface area (Å²) >= 11 is 0. The molecule has 3 rings (SSSR count). The zero-order valence-corrected chi connectivity index (χ0v) is 11.0. The number of fused-ring (bicyclic) bond motifs is 1. The van der Waals surface area contributed by atoms with Crippen LogP contribution in [-0.2, 0) is 0 Å². The molecular formula is C12H15N5O3. The molecule has 2 N–H and O–H groups in total. The molecule has 1 aromatic heterocycles. The first kappa shape index (κ1) is 12.8. The number of nitrogens with two attached hydrogens (primary N) is 1. The molecular weight excluding hydrogens is 262 g/mol. The molecule has 106 valence electrons. The van der Waals surface area contributed by atoms with E-state index in [0.717, 1.165) is 25.2 Å². The second-order valence-electron chi connectivity index (χ2n) is 5.18. The number of aromatic nitrogens is 2. The van der Waals surface area contributed by atoms with Crippen LogP contribution in [0, 0.1) is 16.0 Å². The van der Waals surface area contributed by atoms with Crippen molar-refractivity contribution >= 4 is 22.4 Å². The van der Waals surface area contributed by atoms with Crippen molar-refractivity contribution < 1.29 is 9.55 Å². The second-order valence-corrected chi connectivity index (χ2v) is 5.18. The first-order valence-electron chi connectivity index (χ1n) is 6.48. The number of hydrogen-bond donors (Lipinski definition) is 1. The number of hydrogen-bond acceptors (Lipinski definition) is 7. The molecule has 1 aromatic carbocycles. The largest absolute Gasteiger partial charge is 0.369 e. The molecule has 0 radical (unpaired) electrons. The fourth-order valence-electron chi connectivity index (χ4n) is 2.68. The molecule has 0 bridgehead atoms. The summed E-state index contributed by atoms with van der Waals surface area (Å²) in [6.07, 6.45) is 1.00. The highest BCUT2D eigenvalue weighted by Crippen LogP contribution is 2.34. The van der Waals surface area contributed by atoms with Gasteiger partial charge in [0.25, 0.3) is 0 Å². The molecule has 2 atom stereocenters. The van der Waals surface area contributed by atoms with E-state index in [1.165, 1.54) is 6.07 Å². The summed E-state index contributed by atoms with van der Waals surface area (Å²) in [4.78, 5) is 12.6. The minimum Gasteiger partial charge on any atom is -0.369 e. The van der Waals surface area contributed by atoms with E-state index in [1.54, 1.807) is 6.07 Å². The van der Waals surface area contributed by atoms with Crippen LogP contribution in [0.15, 0.2) is 16.8 Å². The van der Waals surface area contributed by atoms with E-state index in [2.05, 4.69) is 19.8 Å². The molecule has 1 saturated heterocycles. The molecule has 0 saturated carbocycles. The lowest BCUT2D eigenvalue weighted by Gasteiger charge is -2.19. The summed E-state index contributed by atoms with van der Waals surface area (Å²) < 4.78 is 4.67. The lowest BCUT2D eigenvalue weighted by atomic mass is 10.0. The van der Waals surface area contributed by atoms with Crippen molar-refractivity contribution in [3.8, 4) is 0 Å². The molecule has 2 heterocycles. The topological polar surface area (TPSA) is 111 Å². The van der Waals surface area contributed by atoms with Gasteiger partial charge in [-0.15, -0.1) is 0 Å². The van der Waals surface area contributed by atoms with Gasteiger partial charge in [-0.25, -0.2) is 4.63 Å². The molecule has 2 aromatic rings. The average Bonchev–Trinajstić information content (AvgIpc) is 3.06. The van der Waals surface area contributed by atoms with Gasteiger partial charge in [0, 0.05) is 25.2 Å². The standard InChI is InChI=1S/C12H15N5O3/c1-7(13)8-4-5-16(6-8)9-2-3-10(17(18)19)12-11(9)14-20-15-12/h2-3,7-8H,4-6,13H2,1H3. The van der Waals surface area contributed by atoms with Crippen LogP contribution in [0.4, 0.5) is 11.4 Å². The van der Waals surface area contributed by atoms with Gasteiger partial charge in [0.15, 0.2) is 5.52 Å². The Labute approximate surface area is 114 Å². The Balaban J connectivity index is 2.00. The minimum atomic E-state index is -0.481. The van der Waals surface area contributed by atoms with Crippen LogP contribution in [0.1, 0.15) is 13.3 Å². The Morgan fingerprint density at radius 2 is 2.25 bits per heavy atom. The van der Waals surface area contributed by atoms with Gasteiger partial charge in [-0.1, -0.05) is 0 Å². The van der Waals surface area contributed by atoms with E-state index in [9.17, 15) is 10.1 Å². The third-order valence-corrected chi connectivity index (χ3v) is 3.88. The van der Waals surface area contributed by atoms with Gasteiger partial charge in [0.2, 0.25) is 5.52 Å². The number of nitro groups is 1. The first-order valence-corrected chi connectivity index (χ1v) is 6.48. The number of rotatable bonds is 3. The van der Waals surface area contributed by atoms with Crippen LogP contribution >= 0.6 is 0 Å². The van der Waals surface area contributed by atoms with Crippen LogP contribution in [0.5, 0.6) is 0 Å². The van der Waals surface area contributed by atoms with E-state index >= 15 is 0 Å². The first-order chi connectivity index (χ1) is 9.58. The highest BCUT2D eigenvalue weighted by atomic mass is 16.6. The lowest BCUT2D eigenvalue weighted by Crippen LogP contribution is -2.29. The van der Waals surface area contributed by atoms with Crippen molar-refractivity contribution in [2.24, 2.45) is 11.7 Å². The fourth-order valence-corrected chi connectivity index (χ4v) is 2.68. The molecule has 1 aliphatic rings. The number of anilines is 1. The van der Waals surface area contributed by atoms with Crippen molar-refractivity contribution in [3.63, 3.8) is 0 Å². The Hall–Kier alpha value is -2.22. The predicted octanol–water partition coefficient (Wildman–Crippen LogP) is 1.30. The number of non-ortho nitro benzene ring substituents is 1. The summed E-state index contributed by atoms with van der Waals surface area (Å²) in [5, 5.41) is 18.4. The van der Waals surface area contributed by atoms with Crippen LogP contribution < -0.4 is 10.6 Å². The molecule has 8 heteroatoms. The Morgan fingerprint density at radius 3 is 2.90 bits per heavy atom. The van der Waals surface area contributed by atoms with Gasteiger partial charge < -0.3 is 10.6 Å². The minimum absolute atomic E-state index is 0.0899. The van der Waals surface area contributed by atoms with E-state index in [0.29, 0.717) is 11.4 Å². The van der Waals surface area contributed by atoms with Crippen LogP contribution in [-0.4, -0.2) is 34.4 Å². The maximum atomic E-state index is 11.0. The maximum Gasteiger partial charge on any atom is 0.300 e. The maximum absolute atomic E-state index is 11.0. The fraction of sp³-hybridized carbons (Fsp3) is 0.500. The molecule has 1 aliphatic heterocycles. The van der Waals surface area contributed by atoms with Gasteiger partial charge in [0.1, 0.15) is 0 Å². The smallest absolute Gasteiger partial charge is 0.300 e. The molecule has 8 nitrogen and oxygen atoms in total. The zero-order chi connectivity index (χ0) is 14.3. The summed E-state index contributed by atoms with van der Waals surface area (Å²) in [6, 6.07) is 3.28. The van der Waals surface area contributed by atoms with Crippen molar-refractivity contribution in [2.45, 2.75) is 19.4 Å². The normalized spacial score (nSPS) is 20.5. The van der Waals surface area contributed by atoms with E-state index in [4.69, 9.17) is 5.73 Å². The number of nitro benzene ring substituents is 1. The quantitative estimate of drug-likeness (QED) is 0.664. The summed E-state index contributed by atoms with van der Waals surface area (Å²) in [6.45, 7) is 3.67. The van der Waals surface area contributed by atoms with Crippen molar-refractivity contribution in [1.29, 1.82) is 0 Å². The predicted molar refractivity (Wildman–Crippen MR) is 72.4 cm³/mol. The third kappa shape index (κ3) is 1.97. The van der Waals surface area contributed by atoms with E-state index < -0.39 is 4.92 Å². The highest BCUT2D eigenvalue weighted by molar-refractivity contribution is 5.93. The van der Waals surface area contributed by atoms with Gasteiger partial charge in [-0.3, -0.25) is 10.1 Å². The Kier molecular flexibility index (Phi) is 3.01. The average molecular weight is 277 g/mol.